The first kappa shape index (κ1) is 13.5. The third-order valence-electron chi connectivity index (χ3n) is 3.21. The lowest BCUT2D eigenvalue weighted by atomic mass is 9.96. The predicted molar refractivity (Wildman–Crippen MR) is 74.8 cm³/mol. The third kappa shape index (κ3) is 3.29. The molecular formula is C13H17BrFN3. The molecule has 3 nitrogen and oxygen atoms in total. The number of nitrogens with two attached hydrogens (primary N) is 1. The molecule has 0 spiro atoms. The lowest BCUT2D eigenvalue weighted by molar-refractivity contribution is 0.442. The Kier molecular flexibility index (Phi) is 4.72. The van der Waals surface area contributed by atoms with E-state index < -0.39 is 0 Å². The smallest absolute Gasteiger partial charge is 0.145 e. The molecule has 0 bridgehead atoms. The molecular weight excluding hydrogens is 297 g/mol. The Hall–Kier alpha value is -0.940. The van der Waals surface area contributed by atoms with Crippen LogP contribution >= 0.6 is 15.9 Å². The first-order chi connectivity index (χ1) is 8.70. The number of hydrogen-bond donors (Lipinski definition) is 2. The highest BCUT2D eigenvalue weighted by atomic mass is 79.9. The largest absolute Gasteiger partial charge is 0.308 e. The van der Waals surface area contributed by atoms with Crippen LogP contribution in [0.3, 0.4) is 0 Å². The molecule has 5 heteroatoms. The van der Waals surface area contributed by atoms with Crippen LogP contribution in [0.4, 0.5) is 4.39 Å². The molecule has 0 aliphatic heterocycles. The van der Waals surface area contributed by atoms with Crippen LogP contribution in [0.1, 0.15) is 37.7 Å². The molecule has 1 fully saturated rings. The third-order valence-corrected chi connectivity index (χ3v) is 3.70. The molecule has 0 heterocycles. The predicted octanol–water partition coefficient (Wildman–Crippen LogP) is 3.13. The van der Waals surface area contributed by atoms with Crippen LogP contribution in [0.5, 0.6) is 0 Å². The van der Waals surface area contributed by atoms with E-state index in [9.17, 15) is 4.39 Å². The maximum atomic E-state index is 13.8. The summed E-state index contributed by atoms with van der Waals surface area (Å²) in [6.45, 7) is 0. The molecule has 2 rings (SSSR count). The van der Waals surface area contributed by atoms with Crippen molar-refractivity contribution in [3.05, 3.63) is 34.1 Å². The molecule has 0 atom stereocenters. The van der Waals surface area contributed by atoms with Gasteiger partial charge < -0.3 is 5.43 Å². The van der Waals surface area contributed by atoms with Crippen LogP contribution in [-0.4, -0.2) is 11.9 Å². The number of nitrogens with zero attached hydrogens (tertiary/aromatic N) is 1. The Balaban J connectivity index is 2.23. The maximum absolute atomic E-state index is 13.8. The summed E-state index contributed by atoms with van der Waals surface area (Å²) in [7, 11) is 0. The van der Waals surface area contributed by atoms with Gasteiger partial charge in [0, 0.05) is 4.47 Å². The Labute approximate surface area is 115 Å². The normalized spacial score (nSPS) is 17.8. The standard InChI is InChI=1S/C13H17BrFN3/c14-9-6-7-11(12(15)8-9)13(18-16)17-10-4-2-1-3-5-10/h6-8,10H,1-5,16H2,(H,17,18). The highest BCUT2D eigenvalue weighted by molar-refractivity contribution is 9.10. The minimum atomic E-state index is -0.322. The highest BCUT2D eigenvalue weighted by Crippen LogP contribution is 2.22. The van der Waals surface area contributed by atoms with Gasteiger partial charge in [-0.15, -0.1) is 0 Å². The van der Waals surface area contributed by atoms with Crippen molar-refractivity contribution in [2.75, 3.05) is 0 Å². The fraction of sp³-hybridized carbons (Fsp3) is 0.462. The molecule has 1 aromatic carbocycles. The number of rotatable bonds is 2. The van der Waals surface area contributed by atoms with Gasteiger partial charge >= 0.3 is 0 Å². The molecule has 1 saturated carbocycles. The monoisotopic (exact) mass is 313 g/mol. The molecule has 0 radical (unpaired) electrons. The van der Waals surface area contributed by atoms with Crippen molar-refractivity contribution in [3.8, 4) is 0 Å². The van der Waals surface area contributed by atoms with E-state index in [1.807, 2.05) is 0 Å². The van der Waals surface area contributed by atoms with Crippen LogP contribution in [0.15, 0.2) is 27.7 Å². The molecule has 3 N–H and O–H groups in total. The summed E-state index contributed by atoms with van der Waals surface area (Å²) in [5.41, 5.74) is 2.94. The summed E-state index contributed by atoms with van der Waals surface area (Å²) in [5.74, 6) is 5.58. The lowest BCUT2D eigenvalue weighted by Gasteiger charge is -2.19. The lowest BCUT2D eigenvalue weighted by Crippen LogP contribution is -2.33. The van der Waals surface area contributed by atoms with Crippen molar-refractivity contribution < 1.29 is 4.39 Å². The van der Waals surface area contributed by atoms with E-state index in [0.29, 0.717) is 15.9 Å². The second kappa shape index (κ2) is 6.29. The highest BCUT2D eigenvalue weighted by Gasteiger charge is 2.15. The van der Waals surface area contributed by atoms with Gasteiger partial charge in [-0.3, -0.25) is 4.99 Å². The van der Waals surface area contributed by atoms with E-state index in [0.717, 1.165) is 12.8 Å². The van der Waals surface area contributed by atoms with Gasteiger partial charge in [-0.2, -0.15) is 0 Å². The van der Waals surface area contributed by atoms with Gasteiger partial charge in [-0.05, 0) is 31.0 Å². The van der Waals surface area contributed by atoms with Crippen molar-refractivity contribution in [1.82, 2.24) is 5.43 Å². The van der Waals surface area contributed by atoms with Crippen LogP contribution in [0.25, 0.3) is 0 Å². The molecule has 1 aromatic rings. The van der Waals surface area contributed by atoms with Crippen molar-refractivity contribution >= 4 is 21.8 Å². The van der Waals surface area contributed by atoms with Gasteiger partial charge in [-0.1, -0.05) is 35.2 Å². The molecule has 98 valence electrons. The Morgan fingerprint density at radius 2 is 2.06 bits per heavy atom. The molecule has 0 amide bonds. The topological polar surface area (TPSA) is 50.4 Å². The second-order valence-electron chi connectivity index (χ2n) is 4.54. The number of aliphatic imine (C=N–C) groups is 1. The molecule has 1 aliphatic rings. The van der Waals surface area contributed by atoms with E-state index in [1.165, 1.54) is 25.3 Å². The summed E-state index contributed by atoms with van der Waals surface area (Å²) in [6, 6.07) is 5.14. The average Bonchev–Trinajstić information content (AvgIpc) is 2.38. The Bertz CT molecular complexity index is 442. The zero-order valence-corrected chi connectivity index (χ0v) is 11.7. The minimum absolute atomic E-state index is 0.257. The van der Waals surface area contributed by atoms with Gasteiger partial charge in [-0.25, -0.2) is 10.2 Å². The fourth-order valence-corrected chi connectivity index (χ4v) is 2.59. The number of nitrogens with one attached hydrogen (secondary N) is 1. The van der Waals surface area contributed by atoms with Gasteiger partial charge in [0.25, 0.3) is 0 Å². The van der Waals surface area contributed by atoms with E-state index >= 15 is 0 Å². The zero-order valence-electron chi connectivity index (χ0n) is 10.1. The zero-order chi connectivity index (χ0) is 13.0. The van der Waals surface area contributed by atoms with E-state index in [2.05, 4.69) is 26.3 Å². The SMILES string of the molecule is NNC(=NC1CCCCC1)c1ccc(Br)cc1F. The second-order valence-corrected chi connectivity index (χ2v) is 5.45. The number of benzene rings is 1. The van der Waals surface area contributed by atoms with Gasteiger partial charge in [0.05, 0.1) is 11.6 Å². The quantitative estimate of drug-likeness (QED) is 0.381. The number of halogens is 2. The van der Waals surface area contributed by atoms with E-state index in [4.69, 9.17) is 5.84 Å². The fourth-order valence-electron chi connectivity index (χ4n) is 2.26. The first-order valence-corrected chi connectivity index (χ1v) is 7.00. The number of hydrogen-bond acceptors (Lipinski definition) is 2. The van der Waals surface area contributed by atoms with Crippen LogP contribution in [-0.2, 0) is 0 Å². The molecule has 1 aliphatic carbocycles. The van der Waals surface area contributed by atoms with Crippen molar-refractivity contribution in [2.45, 2.75) is 38.1 Å². The van der Waals surface area contributed by atoms with Gasteiger partial charge in [0.2, 0.25) is 0 Å². The number of amidine groups is 1. The molecule has 0 aromatic heterocycles. The molecule has 18 heavy (non-hydrogen) atoms. The van der Waals surface area contributed by atoms with Crippen LogP contribution in [0, 0.1) is 5.82 Å². The van der Waals surface area contributed by atoms with Crippen molar-refractivity contribution in [1.29, 1.82) is 0 Å². The minimum Gasteiger partial charge on any atom is -0.308 e. The molecule has 0 unspecified atom stereocenters. The van der Waals surface area contributed by atoms with Crippen molar-refractivity contribution in [2.24, 2.45) is 10.8 Å². The Morgan fingerprint density at radius 3 is 2.67 bits per heavy atom. The summed E-state index contributed by atoms with van der Waals surface area (Å²) in [6.07, 6.45) is 5.76. The van der Waals surface area contributed by atoms with Crippen molar-refractivity contribution in [3.63, 3.8) is 0 Å². The van der Waals surface area contributed by atoms with Crippen LogP contribution < -0.4 is 11.3 Å². The summed E-state index contributed by atoms with van der Waals surface area (Å²) < 4.78 is 14.5. The summed E-state index contributed by atoms with van der Waals surface area (Å²) >= 11 is 3.23. The van der Waals surface area contributed by atoms with Gasteiger partial charge in [0.15, 0.2) is 0 Å². The van der Waals surface area contributed by atoms with Gasteiger partial charge in [0.1, 0.15) is 11.7 Å². The summed E-state index contributed by atoms with van der Waals surface area (Å²) in [4.78, 5) is 4.54. The van der Waals surface area contributed by atoms with E-state index in [-0.39, 0.29) is 11.9 Å². The van der Waals surface area contributed by atoms with Crippen LogP contribution in [0.2, 0.25) is 0 Å². The average molecular weight is 314 g/mol. The number of hydrazine groups is 1. The first-order valence-electron chi connectivity index (χ1n) is 6.20. The summed E-state index contributed by atoms with van der Waals surface area (Å²) in [5, 5.41) is 0. The Morgan fingerprint density at radius 1 is 1.33 bits per heavy atom. The van der Waals surface area contributed by atoms with E-state index in [1.54, 1.807) is 12.1 Å². The maximum Gasteiger partial charge on any atom is 0.145 e. The molecule has 0 saturated heterocycles.